The molecular formula is C19H30N4O4. The molecule has 0 radical (unpaired) electrons. The Bertz CT molecular complexity index is 615. The Morgan fingerprint density at radius 1 is 1.15 bits per heavy atom. The Morgan fingerprint density at radius 2 is 1.85 bits per heavy atom. The summed E-state index contributed by atoms with van der Waals surface area (Å²) in [5.41, 5.74) is 0. The number of carbonyl (C=O) groups excluding carboxylic acids is 3. The summed E-state index contributed by atoms with van der Waals surface area (Å²) >= 11 is 0. The second-order valence-electron chi connectivity index (χ2n) is 8.29. The third-order valence-corrected chi connectivity index (χ3v) is 6.51. The number of nitrogens with zero attached hydrogens (tertiary/aromatic N) is 4. The molecule has 2 atom stereocenters. The van der Waals surface area contributed by atoms with E-state index in [1.54, 1.807) is 0 Å². The first-order chi connectivity index (χ1) is 13.0. The second-order valence-corrected chi connectivity index (χ2v) is 8.29. The minimum Gasteiger partial charge on any atom is -0.442 e. The molecule has 1 aliphatic carbocycles. The van der Waals surface area contributed by atoms with Crippen LogP contribution >= 0.6 is 0 Å². The number of amides is 3. The molecule has 4 fully saturated rings. The quantitative estimate of drug-likeness (QED) is 0.697. The van der Waals surface area contributed by atoms with E-state index in [1.165, 1.54) is 0 Å². The highest BCUT2D eigenvalue weighted by molar-refractivity contribution is 5.79. The van der Waals surface area contributed by atoms with Crippen molar-refractivity contribution < 1.29 is 19.1 Å². The van der Waals surface area contributed by atoms with E-state index in [4.69, 9.17) is 4.74 Å². The lowest BCUT2D eigenvalue weighted by atomic mass is 10.0. The highest BCUT2D eigenvalue weighted by Crippen LogP contribution is 2.32. The van der Waals surface area contributed by atoms with Gasteiger partial charge in [-0.05, 0) is 25.7 Å². The van der Waals surface area contributed by atoms with Gasteiger partial charge in [0.25, 0.3) is 0 Å². The van der Waals surface area contributed by atoms with Crippen molar-refractivity contribution in [3.63, 3.8) is 0 Å². The van der Waals surface area contributed by atoms with Gasteiger partial charge in [0.1, 0.15) is 6.10 Å². The molecule has 3 aliphatic heterocycles. The molecule has 0 bridgehead atoms. The van der Waals surface area contributed by atoms with Gasteiger partial charge in [-0.1, -0.05) is 6.92 Å². The topological polar surface area (TPSA) is 73.4 Å². The van der Waals surface area contributed by atoms with Crippen molar-refractivity contribution >= 4 is 17.9 Å². The maximum Gasteiger partial charge on any atom is 0.410 e. The normalized spacial score (nSPS) is 29.0. The van der Waals surface area contributed by atoms with Crippen LogP contribution in [0.25, 0.3) is 0 Å². The molecule has 1 saturated carbocycles. The molecule has 0 aromatic heterocycles. The molecule has 0 aromatic rings. The molecule has 27 heavy (non-hydrogen) atoms. The molecule has 3 saturated heterocycles. The maximum absolute atomic E-state index is 12.4. The largest absolute Gasteiger partial charge is 0.442 e. The van der Waals surface area contributed by atoms with E-state index in [0.29, 0.717) is 32.1 Å². The molecule has 3 heterocycles. The fourth-order valence-corrected chi connectivity index (χ4v) is 4.64. The number of hydrogen-bond acceptors (Lipinski definition) is 5. The van der Waals surface area contributed by atoms with E-state index < -0.39 is 0 Å². The highest BCUT2D eigenvalue weighted by atomic mass is 16.6. The zero-order valence-corrected chi connectivity index (χ0v) is 16.3. The van der Waals surface area contributed by atoms with E-state index in [0.717, 1.165) is 38.8 Å². The summed E-state index contributed by atoms with van der Waals surface area (Å²) in [5.74, 6) is 0.314. The smallest absolute Gasteiger partial charge is 0.410 e. The van der Waals surface area contributed by atoms with Gasteiger partial charge in [0.05, 0.1) is 19.1 Å². The highest BCUT2D eigenvalue weighted by Gasteiger charge is 2.51. The van der Waals surface area contributed by atoms with Gasteiger partial charge < -0.3 is 14.5 Å². The van der Waals surface area contributed by atoms with Crippen LogP contribution in [0.15, 0.2) is 0 Å². The van der Waals surface area contributed by atoms with E-state index in [9.17, 15) is 14.4 Å². The molecule has 150 valence electrons. The summed E-state index contributed by atoms with van der Waals surface area (Å²) in [5, 5.41) is 0. The summed E-state index contributed by atoms with van der Waals surface area (Å²) in [6.45, 7) is 5.04. The van der Waals surface area contributed by atoms with Crippen LogP contribution in [0.1, 0.15) is 39.0 Å². The Balaban J connectivity index is 1.30. The SMILES string of the molecule is CCC(=O)N1C[C@@H]2OC(=O)N(C3CCN(CC(=O)N(C)C4CC4)CC3)[C@@H]2C1. The van der Waals surface area contributed by atoms with E-state index in [1.807, 2.05) is 28.7 Å². The summed E-state index contributed by atoms with van der Waals surface area (Å²) < 4.78 is 5.55. The van der Waals surface area contributed by atoms with Crippen molar-refractivity contribution in [1.82, 2.24) is 19.6 Å². The van der Waals surface area contributed by atoms with Crippen LogP contribution in [0.5, 0.6) is 0 Å². The zero-order valence-electron chi connectivity index (χ0n) is 16.3. The lowest BCUT2D eigenvalue weighted by Crippen LogP contribution is -2.51. The molecule has 0 spiro atoms. The molecular weight excluding hydrogens is 348 g/mol. The van der Waals surface area contributed by atoms with E-state index in [-0.39, 0.29) is 36.1 Å². The first kappa shape index (κ1) is 18.5. The third kappa shape index (κ3) is 3.63. The minimum absolute atomic E-state index is 0.0211. The fraction of sp³-hybridized carbons (Fsp3) is 0.842. The Morgan fingerprint density at radius 3 is 2.48 bits per heavy atom. The summed E-state index contributed by atoms with van der Waals surface area (Å²) in [6, 6.07) is 0.561. The molecule has 4 rings (SSSR count). The monoisotopic (exact) mass is 378 g/mol. The number of likely N-dealkylation sites (tertiary alicyclic amines) is 2. The van der Waals surface area contributed by atoms with Crippen LogP contribution in [0.2, 0.25) is 0 Å². The Kier molecular flexibility index (Phi) is 5.01. The van der Waals surface area contributed by atoms with Gasteiger partial charge in [0, 0.05) is 45.2 Å². The number of carbonyl (C=O) groups is 3. The second kappa shape index (κ2) is 7.30. The van der Waals surface area contributed by atoms with Gasteiger partial charge in [-0.25, -0.2) is 4.79 Å². The lowest BCUT2D eigenvalue weighted by Gasteiger charge is -2.38. The van der Waals surface area contributed by atoms with Crippen LogP contribution in [0.3, 0.4) is 0 Å². The van der Waals surface area contributed by atoms with Crippen molar-refractivity contribution in [3.8, 4) is 0 Å². The Hall–Kier alpha value is -1.83. The number of rotatable bonds is 5. The van der Waals surface area contributed by atoms with Crippen molar-refractivity contribution in [2.75, 3.05) is 39.8 Å². The zero-order chi connectivity index (χ0) is 19.1. The molecule has 3 amide bonds. The number of hydrogen-bond donors (Lipinski definition) is 0. The van der Waals surface area contributed by atoms with Gasteiger partial charge in [0.2, 0.25) is 11.8 Å². The minimum atomic E-state index is -0.239. The van der Waals surface area contributed by atoms with Crippen LogP contribution < -0.4 is 0 Å². The average molecular weight is 378 g/mol. The number of ether oxygens (including phenoxy) is 1. The van der Waals surface area contributed by atoms with Crippen LogP contribution in [0.4, 0.5) is 4.79 Å². The number of piperidine rings is 1. The number of fused-ring (bicyclic) bond motifs is 1. The standard InChI is InChI=1S/C19H30N4O4/c1-3-17(24)22-10-15-16(11-22)27-19(26)23(15)14-6-8-21(9-7-14)12-18(25)20(2)13-4-5-13/h13-16H,3-12H2,1-2H3/t15-,16+/m1/s1. The van der Waals surface area contributed by atoms with Crippen LogP contribution in [0, 0.1) is 0 Å². The van der Waals surface area contributed by atoms with Crippen molar-refractivity contribution in [1.29, 1.82) is 0 Å². The molecule has 8 nitrogen and oxygen atoms in total. The van der Waals surface area contributed by atoms with Gasteiger partial charge in [-0.2, -0.15) is 0 Å². The fourth-order valence-electron chi connectivity index (χ4n) is 4.64. The predicted molar refractivity (Wildman–Crippen MR) is 98.0 cm³/mol. The maximum atomic E-state index is 12.4. The van der Waals surface area contributed by atoms with Crippen LogP contribution in [-0.4, -0.2) is 102 Å². The van der Waals surface area contributed by atoms with Gasteiger partial charge in [-0.3, -0.25) is 19.4 Å². The molecule has 8 heteroatoms. The summed E-state index contributed by atoms with van der Waals surface area (Å²) in [6.07, 6.45) is 4.00. The van der Waals surface area contributed by atoms with Crippen molar-refractivity contribution in [2.45, 2.75) is 63.3 Å². The number of likely N-dealkylation sites (N-methyl/N-ethyl adjacent to an activating group) is 1. The molecule has 0 N–H and O–H groups in total. The van der Waals surface area contributed by atoms with Gasteiger partial charge in [0.15, 0.2) is 0 Å². The van der Waals surface area contributed by atoms with E-state index in [2.05, 4.69) is 4.90 Å². The van der Waals surface area contributed by atoms with Crippen molar-refractivity contribution in [3.05, 3.63) is 0 Å². The summed E-state index contributed by atoms with van der Waals surface area (Å²) in [7, 11) is 1.90. The predicted octanol–water partition coefficient (Wildman–Crippen LogP) is 0.513. The van der Waals surface area contributed by atoms with Gasteiger partial charge >= 0.3 is 6.09 Å². The molecule has 0 aromatic carbocycles. The average Bonchev–Trinajstić information content (AvgIpc) is 3.36. The van der Waals surface area contributed by atoms with Gasteiger partial charge in [-0.15, -0.1) is 0 Å². The summed E-state index contributed by atoms with van der Waals surface area (Å²) in [4.78, 5) is 44.5. The molecule has 4 aliphatic rings. The third-order valence-electron chi connectivity index (χ3n) is 6.51. The van der Waals surface area contributed by atoms with Crippen LogP contribution in [-0.2, 0) is 14.3 Å². The Labute approximate surface area is 160 Å². The first-order valence-electron chi connectivity index (χ1n) is 10.2. The molecule has 0 unspecified atom stereocenters. The van der Waals surface area contributed by atoms with Crippen molar-refractivity contribution in [2.24, 2.45) is 0 Å². The van der Waals surface area contributed by atoms with E-state index >= 15 is 0 Å². The first-order valence-corrected chi connectivity index (χ1v) is 10.2. The lowest BCUT2D eigenvalue weighted by molar-refractivity contribution is -0.132.